The lowest BCUT2D eigenvalue weighted by Crippen LogP contribution is -2.40. The highest BCUT2D eigenvalue weighted by Crippen LogP contribution is 2.27. The van der Waals surface area contributed by atoms with E-state index in [4.69, 9.17) is 0 Å². The Morgan fingerprint density at radius 2 is 2.05 bits per heavy atom. The van der Waals surface area contributed by atoms with E-state index in [1.165, 1.54) is 12.8 Å². The molecule has 1 aromatic carbocycles. The van der Waals surface area contributed by atoms with Crippen molar-refractivity contribution in [2.75, 3.05) is 6.54 Å². The summed E-state index contributed by atoms with van der Waals surface area (Å²) < 4.78 is 2.01. The molecule has 2 rings (SSSR count). The zero-order chi connectivity index (χ0) is 15.4. The van der Waals surface area contributed by atoms with Gasteiger partial charge in [-0.3, -0.25) is 4.79 Å². The average molecular weight is 464 g/mol. The first-order chi connectivity index (χ1) is 9.99. The summed E-state index contributed by atoms with van der Waals surface area (Å²) in [5.41, 5.74) is 0.834. The molecule has 1 amide bonds. The van der Waals surface area contributed by atoms with Crippen molar-refractivity contribution >= 4 is 44.4 Å². The van der Waals surface area contributed by atoms with Crippen LogP contribution in [0.25, 0.3) is 0 Å². The second kappa shape index (κ2) is 7.95. The Morgan fingerprint density at radius 3 is 2.67 bits per heavy atom. The normalized spacial score (nSPS) is 15.7. The number of hydrogen-bond acceptors (Lipinski definition) is 1. The molecule has 1 aliphatic rings. The van der Waals surface area contributed by atoms with E-state index < -0.39 is 0 Å². The van der Waals surface area contributed by atoms with Gasteiger partial charge in [-0.15, -0.1) is 0 Å². The number of nitrogens with zero attached hydrogens (tertiary/aromatic N) is 1. The van der Waals surface area contributed by atoms with Crippen LogP contribution in [0.4, 0.5) is 0 Å². The molecule has 1 saturated carbocycles. The van der Waals surface area contributed by atoms with Crippen LogP contribution in [0.15, 0.2) is 22.7 Å². The highest BCUT2D eigenvalue weighted by atomic mass is 127. The van der Waals surface area contributed by atoms with Gasteiger partial charge in [-0.25, -0.2) is 0 Å². The second-order valence-corrected chi connectivity index (χ2v) is 8.32. The van der Waals surface area contributed by atoms with Crippen molar-refractivity contribution in [1.29, 1.82) is 0 Å². The molecule has 0 spiro atoms. The molecule has 0 bridgehead atoms. The Bertz CT molecular complexity index is 498. The zero-order valence-electron chi connectivity index (χ0n) is 12.7. The molecule has 4 heteroatoms. The summed E-state index contributed by atoms with van der Waals surface area (Å²) in [6.45, 7) is 5.32. The minimum atomic E-state index is 0.202. The van der Waals surface area contributed by atoms with Gasteiger partial charge in [0.1, 0.15) is 0 Å². The Balaban J connectivity index is 2.21. The second-order valence-electron chi connectivity index (χ2n) is 6.24. The van der Waals surface area contributed by atoms with Crippen LogP contribution in [-0.4, -0.2) is 23.4 Å². The van der Waals surface area contributed by atoms with Gasteiger partial charge in [-0.1, -0.05) is 42.6 Å². The minimum absolute atomic E-state index is 0.202. The summed E-state index contributed by atoms with van der Waals surface area (Å²) in [4.78, 5) is 15.2. The first kappa shape index (κ1) is 17.3. The van der Waals surface area contributed by atoms with Gasteiger partial charge in [0.15, 0.2) is 0 Å². The lowest BCUT2D eigenvalue weighted by atomic mass is 10.1. The molecule has 0 radical (unpaired) electrons. The van der Waals surface area contributed by atoms with E-state index in [2.05, 4.69) is 57.3 Å². The van der Waals surface area contributed by atoms with Gasteiger partial charge in [0, 0.05) is 20.6 Å². The minimum Gasteiger partial charge on any atom is -0.336 e. The molecule has 0 heterocycles. The largest absolute Gasteiger partial charge is 0.336 e. The highest BCUT2D eigenvalue weighted by Gasteiger charge is 2.28. The molecule has 0 aromatic heterocycles. The Hall–Kier alpha value is -0.100. The quantitative estimate of drug-likeness (QED) is 0.529. The lowest BCUT2D eigenvalue weighted by Gasteiger charge is -2.30. The SMILES string of the molecule is CC(C)CCN(C(=O)c1cc(Br)ccc1I)C1CCCC1. The summed E-state index contributed by atoms with van der Waals surface area (Å²) in [6.07, 6.45) is 5.91. The van der Waals surface area contributed by atoms with Gasteiger partial charge in [0.25, 0.3) is 5.91 Å². The molecule has 0 saturated heterocycles. The van der Waals surface area contributed by atoms with Crippen molar-refractivity contribution in [1.82, 2.24) is 4.90 Å². The van der Waals surface area contributed by atoms with Gasteiger partial charge < -0.3 is 4.90 Å². The maximum atomic E-state index is 13.0. The summed E-state index contributed by atoms with van der Waals surface area (Å²) in [6, 6.07) is 6.40. The number of carbonyl (C=O) groups excluding carboxylic acids is 1. The maximum Gasteiger partial charge on any atom is 0.255 e. The molecule has 2 nitrogen and oxygen atoms in total. The van der Waals surface area contributed by atoms with Crippen LogP contribution in [0.1, 0.15) is 56.3 Å². The molecular weight excluding hydrogens is 441 g/mol. The Morgan fingerprint density at radius 1 is 1.38 bits per heavy atom. The molecule has 116 valence electrons. The van der Waals surface area contributed by atoms with Gasteiger partial charge in [0.05, 0.1) is 5.56 Å². The predicted molar refractivity (Wildman–Crippen MR) is 99.6 cm³/mol. The predicted octanol–water partition coefficient (Wildman–Crippen LogP) is 5.48. The molecule has 1 aromatic rings. The van der Waals surface area contributed by atoms with Crippen LogP contribution in [0.5, 0.6) is 0 Å². The molecule has 0 unspecified atom stereocenters. The smallest absolute Gasteiger partial charge is 0.255 e. The van der Waals surface area contributed by atoms with Crippen molar-refractivity contribution in [3.63, 3.8) is 0 Å². The van der Waals surface area contributed by atoms with E-state index in [0.29, 0.717) is 12.0 Å². The molecule has 0 atom stereocenters. The molecule has 0 aliphatic heterocycles. The number of hydrogen-bond donors (Lipinski definition) is 0. The molecule has 1 fully saturated rings. The number of amides is 1. The third-order valence-electron chi connectivity index (χ3n) is 4.13. The van der Waals surface area contributed by atoms with Gasteiger partial charge in [-0.2, -0.15) is 0 Å². The van der Waals surface area contributed by atoms with Gasteiger partial charge >= 0.3 is 0 Å². The fourth-order valence-electron chi connectivity index (χ4n) is 2.88. The molecular formula is C17H23BrINO. The summed E-state index contributed by atoms with van der Waals surface area (Å²) in [7, 11) is 0. The molecule has 0 N–H and O–H groups in total. The van der Waals surface area contributed by atoms with Crippen molar-refractivity contribution in [3.8, 4) is 0 Å². The number of halogens is 2. The van der Waals surface area contributed by atoms with E-state index in [0.717, 1.165) is 39.4 Å². The van der Waals surface area contributed by atoms with Crippen LogP contribution >= 0.6 is 38.5 Å². The monoisotopic (exact) mass is 463 g/mol. The van der Waals surface area contributed by atoms with E-state index in [1.807, 2.05) is 18.2 Å². The van der Waals surface area contributed by atoms with Gasteiger partial charge in [-0.05, 0) is 66.0 Å². The van der Waals surface area contributed by atoms with Crippen LogP contribution in [0.3, 0.4) is 0 Å². The first-order valence-corrected chi connectivity index (χ1v) is 9.62. The Labute approximate surface area is 149 Å². The van der Waals surface area contributed by atoms with Crippen LogP contribution in [0.2, 0.25) is 0 Å². The number of benzene rings is 1. The fourth-order valence-corrected chi connectivity index (χ4v) is 3.81. The van der Waals surface area contributed by atoms with E-state index in [1.54, 1.807) is 0 Å². The summed E-state index contributed by atoms with van der Waals surface area (Å²) >= 11 is 5.75. The zero-order valence-corrected chi connectivity index (χ0v) is 16.5. The standard InChI is InChI=1S/C17H23BrINO/c1-12(2)9-10-20(14-5-3-4-6-14)17(21)15-11-13(18)7-8-16(15)19/h7-8,11-12,14H,3-6,9-10H2,1-2H3. The molecule has 1 aliphatic carbocycles. The number of carbonyl (C=O) groups is 1. The lowest BCUT2D eigenvalue weighted by molar-refractivity contribution is 0.0670. The van der Waals surface area contributed by atoms with E-state index in [-0.39, 0.29) is 5.91 Å². The summed E-state index contributed by atoms with van der Waals surface area (Å²) in [5.74, 6) is 0.830. The van der Waals surface area contributed by atoms with Crippen LogP contribution in [0, 0.1) is 9.49 Å². The van der Waals surface area contributed by atoms with Crippen molar-refractivity contribution in [3.05, 3.63) is 31.8 Å². The van der Waals surface area contributed by atoms with Crippen LogP contribution in [-0.2, 0) is 0 Å². The fraction of sp³-hybridized carbons (Fsp3) is 0.588. The van der Waals surface area contributed by atoms with Crippen molar-refractivity contribution < 1.29 is 4.79 Å². The molecule has 21 heavy (non-hydrogen) atoms. The van der Waals surface area contributed by atoms with Crippen LogP contribution < -0.4 is 0 Å². The third kappa shape index (κ3) is 4.68. The highest BCUT2D eigenvalue weighted by molar-refractivity contribution is 14.1. The third-order valence-corrected chi connectivity index (χ3v) is 5.57. The first-order valence-electron chi connectivity index (χ1n) is 7.75. The van der Waals surface area contributed by atoms with E-state index in [9.17, 15) is 4.79 Å². The maximum absolute atomic E-state index is 13.0. The van der Waals surface area contributed by atoms with Gasteiger partial charge in [0.2, 0.25) is 0 Å². The number of rotatable bonds is 5. The Kier molecular flexibility index (Phi) is 6.53. The summed E-state index contributed by atoms with van der Waals surface area (Å²) in [5, 5.41) is 0. The van der Waals surface area contributed by atoms with E-state index >= 15 is 0 Å². The van der Waals surface area contributed by atoms with Crippen molar-refractivity contribution in [2.24, 2.45) is 5.92 Å². The van der Waals surface area contributed by atoms with Crippen molar-refractivity contribution in [2.45, 2.75) is 52.0 Å². The topological polar surface area (TPSA) is 20.3 Å². The average Bonchev–Trinajstić information content (AvgIpc) is 2.95.